The summed E-state index contributed by atoms with van der Waals surface area (Å²) in [7, 11) is 0. The Morgan fingerprint density at radius 1 is 1.32 bits per heavy atom. The highest BCUT2D eigenvalue weighted by atomic mass is 32.1. The number of amides is 1. The first-order valence-corrected chi connectivity index (χ1v) is 9.06. The Kier molecular flexibility index (Phi) is 5.31. The van der Waals surface area contributed by atoms with Crippen molar-refractivity contribution in [2.45, 2.75) is 20.4 Å². The second-order valence-corrected chi connectivity index (χ2v) is 7.29. The first-order valence-electron chi connectivity index (χ1n) is 8.25. The zero-order valence-electron chi connectivity index (χ0n) is 14.5. The number of nitrogens with one attached hydrogen (secondary N) is 1. The summed E-state index contributed by atoms with van der Waals surface area (Å²) in [5, 5.41) is 12.9. The molecule has 130 valence electrons. The largest absolute Gasteiger partial charge is 0.340 e. The third-order valence-corrected chi connectivity index (χ3v) is 5.05. The van der Waals surface area contributed by atoms with Gasteiger partial charge < -0.3 is 10.2 Å². The fourth-order valence-corrected chi connectivity index (χ4v) is 3.65. The fourth-order valence-electron chi connectivity index (χ4n) is 3.01. The number of carbonyl (C=O) groups excluding carboxylic acids is 1. The number of aryl methyl sites for hydroxylation is 1. The van der Waals surface area contributed by atoms with Crippen LogP contribution in [0, 0.1) is 18.3 Å². The average Bonchev–Trinajstić information content (AvgIpc) is 3.02. The van der Waals surface area contributed by atoms with Gasteiger partial charge in [0.15, 0.2) is 5.13 Å². The van der Waals surface area contributed by atoms with Crippen molar-refractivity contribution in [1.82, 2.24) is 14.8 Å². The Balaban J connectivity index is 1.65. The molecule has 7 heteroatoms. The van der Waals surface area contributed by atoms with Crippen LogP contribution in [0.3, 0.4) is 0 Å². The minimum Gasteiger partial charge on any atom is -0.340 e. The molecule has 3 rings (SSSR count). The Morgan fingerprint density at radius 3 is 2.72 bits per heavy atom. The maximum atomic E-state index is 11.4. The number of thiazole rings is 1. The number of nitrogens with zero attached hydrogens (tertiary/aromatic N) is 4. The fraction of sp³-hybridized carbons (Fsp3) is 0.389. The summed E-state index contributed by atoms with van der Waals surface area (Å²) < 4.78 is 0. The van der Waals surface area contributed by atoms with E-state index >= 15 is 0 Å². The van der Waals surface area contributed by atoms with Crippen LogP contribution in [0.1, 0.15) is 22.9 Å². The number of benzene rings is 1. The standard InChI is InChI=1S/C18H21N5OS/c1-13-7-15(12-22-3-5-23(6-4-22)14(2)24)9-16(8-13)21-18-20-11-17(10-19)25-18/h7-9,11H,3-6,12H2,1-2H3,(H,20,21). The normalized spacial score (nSPS) is 15.0. The van der Waals surface area contributed by atoms with E-state index in [0.717, 1.165) is 43.5 Å². The quantitative estimate of drug-likeness (QED) is 0.913. The van der Waals surface area contributed by atoms with Crippen molar-refractivity contribution in [3.05, 3.63) is 40.4 Å². The molecule has 0 aliphatic carbocycles. The Bertz CT molecular complexity index is 802. The molecule has 1 amide bonds. The first kappa shape index (κ1) is 17.4. The highest BCUT2D eigenvalue weighted by Gasteiger charge is 2.18. The minimum absolute atomic E-state index is 0.155. The summed E-state index contributed by atoms with van der Waals surface area (Å²) in [6.07, 6.45) is 1.58. The molecular formula is C18H21N5OS. The second-order valence-electron chi connectivity index (χ2n) is 6.26. The topological polar surface area (TPSA) is 72.3 Å². The van der Waals surface area contributed by atoms with Crippen LogP contribution in [0.4, 0.5) is 10.8 Å². The zero-order valence-corrected chi connectivity index (χ0v) is 15.3. The van der Waals surface area contributed by atoms with Gasteiger partial charge in [-0.1, -0.05) is 17.4 Å². The molecule has 2 heterocycles. The minimum atomic E-state index is 0.155. The van der Waals surface area contributed by atoms with Gasteiger partial charge in [-0.2, -0.15) is 5.26 Å². The van der Waals surface area contributed by atoms with Crippen LogP contribution < -0.4 is 5.32 Å². The lowest BCUT2D eigenvalue weighted by atomic mass is 10.1. The first-order chi connectivity index (χ1) is 12.0. The summed E-state index contributed by atoms with van der Waals surface area (Å²) in [5.41, 5.74) is 3.39. The molecule has 0 atom stereocenters. The van der Waals surface area contributed by atoms with E-state index in [2.05, 4.69) is 46.4 Å². The van der Waals surface area contributed by atoms with Gasteiger partial charge in [-0.15, -0.1) is 0 Å². The summed E-state index contributed by atoms with van der Waals surface area (Å²) in [4.78, 5) is 20.5. The molecule has 0 saturated carbocycles. The van der Waals surface area contributed by atoms with Crippen LogP contribution in [0.15, 0.2) is 24.4 Å². The number of hydrogen-bond donors (Lipinski definition) is 1. The van der Waals surface area contributed by atoms with Gasteiger partial charge in [0.05, 0.1) is 6.20 Å². The van der Waals surface area contributed by atoms with E-state index in [1.165, 1.54) is 22.5 Å². The molecule has 25 heavy (non-hydrogen) atoms. The van der Waals surface area contributed by atoms with Crippen molar-refractivity contribution < 1.29 is 4.79 Å². The zero-order chi connectivity index (χ0) is 17.8. The molecule has 1 aromatic carbocycles. The van der Waals surface area contributed by atoms with Crippen molar-refractivity contribution in [2.75, 3.05) is 31.5 Å². The van der Waals surface area contributed by atoms with E-state index in [0.29, 0.717) is 4.88 Å². The maximum Gasteiger partial charge on any atom is 0.219 e. The molecule has 0 radical (unpaired) electrons. The number of carbonyl (C=O) groups is 1. The molecule has 1 aliphatic heterocycles. The van der Waals surface area contributed by atoms with E-state index in [-0.39, 0.29) is 5.91 Å². The number of anilines is 2. The van der Waals surface area contributed by atoms with Gasteiger partial charge in [0.2, 0.25) is 5.91 Å². The third-order valence-electron chi connectivity index (χ3n) is 4.23. The predicted molar refractivity (Wildman–Crippen MR) is 98.8 cm³/mol. The van der Waals surface area contributed by atoms with E-state index < -0.39 is 0 Å². The van der Waals surface area contributed by atoms with Crippen molar-refractivity contribution in [1.29, 1.82) is 5.26 Å². The SMILES string of the molecule is CC(=O)N1CCN(Cc2cc(C)cc(Nc3ncc(C#N)s3)c2)CC1. The number of piperazine rings is 1. The lowest BCUT2D eigenvalue weighted by Gasteiger charge is -2.34. The summed E-state index contributed by atoms with van der Waals surface area (Å²) in [6.45, 7) is 7.95. The van der Waals surface area contributed by atoms with Crippen LogP contribution in [0.25, 0.3) is 0 Å². The van der Waals surface area contributed by atoms with Crippen LogP contribution in [0.5, 0.6) is 0 Å². The molecule has 1 fully saturated rings. The van der Waals surface area contributed by atoms with Crippen LogP contribution in [0.2, 0.25) is 0 Å². The van der Waals surface area contributed by atoms with E-state index in [1.54, 1.807) is 13.1 Å². The molecule has 1 saturated heterocycles. The third kappa shape index (κ3) is 4.56. The molecule has 1 N–H and O–H groups in total. The maximum absolute atomic E-state index is 11.4. The number of aromatic nitrogens is 1. The number of nitriles is 1. The monoisotopic (exact) mass is 355 g/mol. The van der Waals surface area contributed by atoms with Gasteiger partial charge in [-0.25, -0.2) is 4.98 Å². The lowest BCUT2D eigenvalue weighted by molar-refractivity contribution is -0.130. The number of hydrogen-bond acceptors (Lipinski definition) is 6. The van der Waals surface area contributed by atoms with Gasteiger partial charge in [-0.3, -0.25) is 9.69 Å². The molecule has 2 aromatic rings. The molecule has 1 aromatic heterocycles. The average molecular weight is 355 g/mol. The molecule has 0 bridgehead atoms. The van der Waals surface area contributed by atoms with Gasteiger partial charge in [0.1, 0.15) is 10.9 Å². The van der Waals surface area contributed by atoms with Gasteiger partial charge in [0, 0.05) is 45.3 Å². The van der Waals surface area contributed by atoms with E-state index in [4.69, 9.17) is 5.26 Å². The Hall–Kier alpha value is -2.43. The highest BCUT2D eigenvalue weighted by Crippen LogP contribution is 2.24. The summed E-state index contributed by atoms with van der Waals surface area (Å²) in [5.74, 6) is 0.155. The van der Waals surface area contributed by atoms with Crippen molar-refractivity contribution in [3.8, 4) is 6.07 Å². The molecule has 1 aliphatic rings. The Morgan fingerprint density at radius 2 is 2.08 bits per heavy atom. The van der Waals surface area contributed by atoms with Crippen LogP contribution in [-0.4, -0.2) is 46.9 Å². The van der Waals surface area contributed by atoms with Crippen molar-refractivity contribution in [3.63, 3.8) is 0 Å². The van der Waals surface area contributed by atoms with Gasteiger partial charge >= 0.3 is 0 Å². The number of rotatable bonds is 4. The van der Waals surface area contributed by atoms with E-state index in [9.17, 15) is 4.79 Å². The second kappa shape index (κ2) is 7.64. The smallest absolute Gasteiger partial charge is 0.219 e. The summed E-state index contributed by atoms with van der Waals surface area (Å²) >= 11 is 1.35. The lowest BCUT2D eigenvalue weighted by Crippen LogP contribution is -2.47. The molecule has 0 spiro atoms. The van der Waals surface area contributed by atoms with Crippen molar-refractivity contribution in [2.24, 2.45) is 0 Å². The molecule has 0 unspecified atom stereocenters. The summed E-state index contributed by atoms with van der Waals surface area (Å²) in [6, 6.07) is 8.49. The van der Waals surface area contributed by atoms with Crippen LogP contribution >= 0.6 is 11.3 Å². The van der Waals surface area contributed by atoms with Gasteiger partial charge in [0.25, 0.3) is 0 Å². The van der Waals surface area contributed by atoms with Crippen molar-refractivity contribution >= 4 is 28.1 Å². The Labute approximate surface area is 151 Å². The predicted octanol–water partition coefficient (Wildman–Crippen LogP) is 2.73. The molecular weight excluding hydrogens is 334 g/mol. The van der Waals surface area contributed by atoms with E-state index in [1.807, 2.05) is 4.90 Å². The highest BCUT2D eigenvalue weighted by molar-refractivity contribution is 7.16. The molecule has 6 nitrogen and oxygen atoms in total. The van der Waals surface area contributed by atoms with Gasteiger partial charge in [-0.05, 0) is 30.2 Å². The van der Waals surface area contributed by atoms with Crippen LogP contribution in [-0.2, 0) is 11.3 Å².